The van der Waals surface area contributed by atoms with Gasteiger partial charge in [-0.15, -0.1) is 0 Å². The van der Waals surface area contributed by atoms with Gasteiger partial charge >= 0.3 is 12.0 Å². The molecule has 11 heteroatoms. The number of hydrogen-bond acceptors (Lipinski definition) is 6. The summed E-state index contributed by atoms with van der Waals surface area (Å²) in [6.45, 7) is 0.363. The van der Waals surface area contributed by atoms with Crippen molar-refractivity contribution in [3.8, 4) is 11.1 Å². The number of pyridine rings is 2. The van der Waals surface area contributed by atoms with E-state index in [1.165, 1.54) is 6.20 Å². The summed E-state index contributed by atoms with van der Waals surface area (Å²) in [6, 6.07) is 9.48. The van der Waals surface area contributed by atoms with Gasteiger partial charge in [-0.2, -0.15) is 9.78 Å². The van der Waals surface area contributed by atoms with Gasteiger partial charge in [0.25, 0.3) is 5.92 Å². The first kappa shape index (κ1) is 22.5. The summed E-state index contributed by atoms with van der Waals surface area (Å²) in [5, 5.41) is 16.6. The molecule has 0 aliphatic carbocycles. The predicted molar refractivity (Wildman–Crippen MR) is 123 cm³/mol. The number of aromatic carboxylic acids is 1. The number of carboxylic acids is 1. The van der Waals surface area contributed by atoms with Crippen molar-refractivity contribution in [3.63, 3.8) is 0 Å². The number of benzene rings is 1. The van der Waals surface area contributed by atoms with E-state index in [0.717, 1.165) is 10.2 Å². The third-order valence-corrected chi connectivity index (χ3v) is 5.77. The van der Waals surface area contributed by atoms with Gasteiger partial charge in [0.05, 0.1) is 23.9 Å². The number of carbonyl (C=O) groups excluding carboxylic acids is 1. The summed E-state index contributed by atoms with van der Waals surface area (Å²) in [5.74, 6) is -3.95. The summed E-state index contributed by atoms with van der Waals surface area (Å²) >= 11 is 0. The van der Waals surface area contributed by atoms with Crippen LogP contribution in [-0.4, -0.2) is 60.8 Å². The van der Waals surface area contributed by atoms with Crippen LogP contribution in [0.5, 0.6) is 0 Å². The highest BCUT2D eigenvalue weighted by Crippen LogP contribution is 2.30. The van der Waals surface area contributed by atoms with Crippen LogP contribution in [0.3, 0.4) is 0 Å². The molecule has 1 aliphatic heterocycles. The van der Waals surface area contributed by atoms with Gasteiger partial charge in [0.15, 0.2) is 5.69 Å². The minimum Gasteiger partial charge on any atom is -0.476 e. The lowest BCUT2D eigenvalue weighted by Crippen LogP contribution is -2.24. The lowest BCUT2D eigenvalue weighted by atomic mass is 10.0. The molecule has 1 aliphatic rings. The van der Waals surface area contributed by atoms with Crippen molar-refractivity contribution >= 4 is 28.6 Å². The fraction of sp³-hybridized carbons (Fsp3) is 0.208. The van der Waals surface area contributed by atoms with Crippen LogP contribution in [-0.2, 0) is 6.54 Å². The number of rotatable bonds is 5. The van der Waals surface area contributed by atoms with E-state index in [4.69, 9.17) is 0 Å². The fourth-order valence-corrected chi connectivity index (χ4v) is 4.16. The first-order valence-corrected chi connectivity index (χ1v) is 10.8. The van der Waals surface area contributed by atoms with Gasteiger partial charge in [-0.05, 0) is 41.5 Å². The summed E-state index contributed by atoms with van der Waals surface area (Å²) in [6.07, 6.45) is 6.11. The summed E-state index contributed by atoms with van der Waals surface area (Å²) in [5.41, 5.74) is 2.61. The van der Waals surface area contributed by atoms with Crippen molar-refractivity contribution in [3.05, 3.63) is 72.4 Å². The number of anilines is 1. The molecule has 0 bridgehead atoms. The molecular weight excluding hydrogens is 458 g/mol. The number of carboxylic acid groups (broad SMARTS) is 1. The molecule has 2 N–H and O–H groups in total. The van der Waals surface area contributed by atoms with Crippen LogP contribution >= 0.6 is 0 Å². The molecule has 5 rings (SSSR count). The van der Waals surface area contributed by atoms with Crippen molar-refractivity contribution < 1.29 is 23.5 Å². The molecule has 1 aromatic carbocycles. The second-order valence-corrected chi connectivity index (χ2v) is 8.37. The fourth-order valence-electron chi connectivity index (χ4n) is 4.16. The zero-order valence-corrected chi connectivity index (χ0v) is 18.4. The molecule has 0 spiro atoms. The second kappa shape index (κ2) is 8.84. The lowest BCUT2D eigenvalue weighted by Gasteiger charge is -2.15. The summed E-state index contributed by atoms with van der Waals surface area (Å²) in [7, 11) is 0. The van der Waals surface area contributed by atoms with Gasteiger partial charge in [-0.1, -0.05) is 6.07 Å². The molecule has 0 radical (unpaired) electrons. The van der Waals surface area contributed by atoms with Gasteiger partial charge in [0.2, 0.25) is 0 Å². The SMILES string of the molecule is O=C(O)c1nn(C(=O)Nc2cccnc2)c2ccc(-c3cncc(CN4CCC(F)(F)C4)c3)cc12. The molecule has 4 heterocycles. The number of nitrogens with one attached hydrogen (secondary N) is 1. The van der Waals surface area contributed by atoms with E-state index >= 15 is 0 Å². The molecule has 4 aromatic rings. The maximum Gasteiger partial charge on any atom is 0.357 e. The van der Waals surface area contributed by atoms with Gasteiger partial charge in [-0.25, -0.2) is 18.4 Å². The van der Waals surface area contributed by atoms with Gasteiger partial charge < -0.3 is 10.4 Å². The second-order valence-electron chi connectivity index (χ2n) is 8.37. The van der Waals surface area contributed by atoms with Crippen LogP contribution in [0.25, 0.3) is 22.0 Å². The third kappa shape index (κ3) is 4.71. The van der Waals surface area contributed by atoms with Crippen LogP contribution in [0.15, 0.2) is 61.2 Å². The Hall–Kier alpha value is -4.25. The molecule has 1 fully saturated rings. The van der Waals surface area contributed by atoms with Crippen LogP contribution in [0.1, 0.15) is 22.5 Å². The zero-order chi connectivity index (χ0) is 24.6. The number of alkyl halides is 2. The molecule has 0 saturated carbocycles. The Bertz CT molecular complexity index is 1420. The van der Waals surface area contributed by atoms with Crippen LogP contribution in [0.4, 0.5) is 19.3 Å². The predicted octanol–water partition coefficient (Wildman–Crippen LogP) is 4.11. The number of amides is 1. The zero-order valence-electron chi connectivity index (χ0n) is 18.4. The molecule has 1 amide bonds. The number of carbonyl (C=O) groups is 2. The number of nitrogens with zero attached hydrogens (tertiary/aromatic N) is 5. The van der Waals surface area contributed by atoms with E-state index in [0.29, 0.717) is 35.4 Å². The topological polar surface area (TPSA) is 113 Å². The van der Waals surface area contributed by atoms with Crippen LogP contribution in [0, 0.1) is 0 Å². The van der Waals surface area contributed by atoms with Crippen molar-refractivity contribution in [2.75, 3.05) is 18.4 Å². The van der Waals surface area contributed by atoms with Gasteiger partial charge in [0, 0.05) is 49.1 Å². The number of fused-ring (bicyclic) bond motifs is 1. The van der Waals surface area contributed by atoms with Crippen molar-refractivity contribution in [1.82, 2.24) is 24.6 Å². The van der Waals surface area contributed by atoms with Crippen LogP contribution < -0.4 is 5.32 Å². The third-order valence-electron chi connectivity index (χ3n) is 5.77. The molecule has 0 atom stereocenters. The Morgan fingerprint density at radius 3 is 2.66 bits per heavy atom. The minimum atomic E-state index is -2.67. The normalized spacial score (nSPS) is 15.4. The Balaban J connectivity index is 1.46. The van der Waals surface area contributed by atoms with Crippen molar-refractivity contribution in [2.45, 2.75) is 18.9 Å². The highest BCUT2D eigenvalue weighted by Gasteiger charge is 2.37. The van der Waals surface area contributed by atoms with E-state index in [1.54, 1.807) is 53.8 Å². The average molecular weight is 478 g/mol. The largest absolute Gasteiger partial charge is 0.476 e. The number of hydrogen-bond donors (Lipinski definition) is 2. The Morgan fingerprint density at radius 2 is 1.94 bits per heavy atom. The first-order valence-electron chi connectivity index (χ1n) is 10.8. The number of halogens is 2. The van der Waals surface area contributed by atoms with Crippen molar-refractivity contribution in [1.29, 1.82) is 0 Å². The smallest absolute Gasteiger partial charge is 0.357 e. The highest BCUT2D eigenvalue weighted by molar-refractivity contribution is 6.06. The summed E-state index contributed by atoms with van der Waals surface area (Å²) < 4.78 is 28.1. The van der Waals surface area contributed by atoms with E-state index < -0.39 is 17.9 Å². The molecule has 35 heavy (non-hydrogen) atoms. The molecule has 9 nitrogen and oxygen atoms in total. The standard InChI is InChI=1S/C24H20F2N6O3/c25-24(26)5-7-31(14-24)13-15-8-17(11-28-10-15)16-3-4-20-19(9-16)21(22(33)34)30-32(20)23(35)29-18-2-1-6-27-12-18/h1-4,6,8-12H,5,7,13-14H2,(H,29,35)(H,33,34). The molecular formula is C24H20F2N6O3. The van der Waals surface area contributed by atoms with Gasteiger partial charge in [0.1, 0.15) is 0 Å². The van der Waals surface area contributed by atoms with E-state index in [9.17, 15) is 23.5 Å². The monoisotopic (exact) mass is 478 g/mol. The molecule has 3 aromatic heterocycles. The van der Waals surface area contributed by atoms with Crippen molar-refractivity contribution in [2.24, 2.45) is 0 Å². The Morgan fingerprint density at radius 1 is 1.09 bits per heavy atom. The minimum absolute atomic E-state index is 0.160. The first-order chi connectivity index (χ1) is 16.8. The quantitative estimate of drug-likeness (QED) is 0.444. The van der Waals surface area contributed by atoms with Crippen LogP contribution in [0.2, 0.25) is 0 Å². The van der Waals surface area contributed by atoms with E-state index in [1.807, 2.05) is 6.07 Å². The average Bonchev–Trinajstić information content (AvgIpc) is 3.39. The van der Waals surface area contributed by atoms with Gasteiger partial charge in [-0.3, -0.25) is 14.9 Å². The lowest BCUT2D eigenvalue weighted by molar-refractivity contribution is 0.0115. The summed E-state index contributed by atoms with van der Waals surface area (Å²) in [4.78, 5) is 34.5. The number of likely N-dealkylation sites (tertiary alicyclic amines) is 1. The Kier molecular flexibility index (Phi) is 5.69. The maximum atomic E-state index is 13.5. The van der Waals surface area contributed by atoms with E-state index in [-0.39, 0.29) is 24.0 Å². The Labute approximate surface area is 198 Å². The molecule has 0 unspecified atom stereocenters. The molecule has 1 saturated heterocycles. The maximum absolute atomic E-state index is 13.5. The molecule has 178 valence electrons. The number of aromatic nitrogens is 4. The van der Waals surface area contributed by atoms with E-state index in [2.05, 4.69) is 20.4 Å². The highest BCUT2D eigenvalue weighted by atomic mass is 19.3.